The van der Waals surface area contributed by atoms with Crippen LogP contribution in [0.1, 0.15) is 73.8 Å². The average molecular weight is 572 g/mol. The van der Waals surface area contributed by atoms with E-state index in [9.17, 15) is 9.59 Å². The van der Waals surface area contributed by atoms with Gasteiger partial charge in [-0.05, 0) is 98.7 Å². The lowest BCUT2D eigenvalue weighted by molar-refractivity contribution is -0.150. The summed E-state index contributed by atoms with van der Waals surface area (Å²) >= 11 is 0. The summed E-state index contributed by atoms with van der Waals surface area (Å²) < 4.78 is 19.2. The molecule has 0 fully saturated rings. The van der Waals surface area contributed by atoms with Gasteiger partial charge in [-0.15, -0.1) is 0 Å². The van der Waals surface area contributed by atoms with Crippen LogP contribution in [0.5, 0.6) is 5.75 Å². The van der Waals surface area contributed by atoms with E-state index in [2.05, 4.69) is 5.32 Å². The highest BCUT2D eigenvalue weighted by Crippen LogP contribution is 2.44. The molecule has 1 N–H and O–H groups in total. The number of allylic oxidation sites excluding steroid dienone is 2. The van der Waals surface area contributed by atoms with Gasteiger partial charge in [0, 0.05) is 28.7 Å². The highest BCUT2D eigenvalue weighted by atomic mass is 16.6. The maximum Gasteiger partial charge on any atom is 0.337 e. The van der Waals surface area contributed by atoms with Crippen molar-refractivity contribution < 1.29 is 23.8 Å². The van der Waals surface area contributed by atoms with Gasteiger partial charge in [0.25, 0.3) is 0 Å². The molecule has 1 aromatic heterocycles. The normalized spacial score (nSPS) is 14.5. The molecule has 0 bridgehead atoms. The Morgan fingerprint density at radius 2 is 1.36 bits per heavy atom. The minimum atomic E-state index is -0.810. The zero-order valence-electron chi connectivity index (χ0n) is 26.0. The minimum absolute atomic E-state index is 0.330. The van der Waals surface area contributed by atoms with Gasteiger partial charge in [0.05, 0.1) is 35.1 Å². The molecule has 8 nitrogen and oxygen atoms in total. The second kappa shape index (κ2) is 11.9. The predicted octanol–water partition coefficient (Wildman–Crippen LogP) is 6.86. The Kier molecular flexibility index (Phi) is 8.66. The molecule has 0 saturated carbocycles. The molecule has 42 heavy (non-hydrogen) atoms. The van der Waals surface area contributed by atoms with Crippen LogP contribution in [0.4, 0.5) is 0 Å². The molecule has 1 aliphatic rings. The van der Waals surface area contributed by atoms with Crippen LogP contribution in [0.3, 0.4) is 0 Å². The molecule has 2 aromatic carbocycles. The third-order valence-electron chi connectivity index (χ3n) is 6.51. The number of nitrogens with zero attached hydrogens (tertiary/aromatic N) is 2. The van der Waals surface area contributed by atoms with Gasteiger partial charge in [0.1, 0.15) is 17.0 Å². The van der Waals surface area contributed by atoms with Crippen molar-refractivity contribution in [2.75, 3.05) is 6.61 Å². The van der Waals surface area contributed by atoms with E-state index in [1.165, 1.54) is 0 Å². The maximum atomic E-state index is 13.9. The number of esters is 2. The Labute approximate surface area is 248 Å². The average Bonchev–Trinajstić information content (AvgIpc) is 3.32. The maximum absolute atomic E-state index is 13.9. The summed E-state index contributed by atoms with van der Waals surface area (Å²) in [5.41, 5.74) is 3.31. The molecule has 0 amide bonds. The van der Waals surface area contributed by atoms with Crippen LogP contribution in [0.25, 0.3) is 16.9 Å². The second-order valence-electron chi connectivity index (χ2n) is 12.3. The lowest BCUT2D eigenvalue weighted by Gasteiger charge is -2.33. The fraction of sp³-hybridized carbons (Fsp3) is 0.382. The van der Waals surface area contributed by atoms with Gasteiger partial charge in [-0.1, -0.05) is 18.2 Å². The quantitative estimate of drug-likeness (QED) is 0.310. The molecule has 1 aliphatic heterocycles. The summed E-state index contributed by atoms with van der Waals surface area (Å²) in [5.74, 6) is -1.11. The van der Waals surface area contributed by atoms with Crippen LogP contribution in [0, 0.1) is 0 Å². The molecule has 222 valence electrons. The third kappa shape index (κ3) is 6.93. The number of carbonyl (C=O) groups is 2. The first kappa shape index (κ1) is 30.6. The van der Waals surface area contributed by atoms with Gasteiger partial charge in [-0.25, -0.2) is 14.3 Å². The molecular formula is C34H41N3O5. The predicted molar refractivity (Wildman–Crippen MR) is 163 cm³/mol. The van der Waals surface area contributed by atoms with Gasteiger partial charge in [0.15, 0.2) is 0 Å². The summed E-state index contributed by atoms with van der Waals surface area (Å²) in [4.78, 5) is 27.7. The molecule has 0 aliphatic carbocycles. The smallest absolute Gasteiger partial charge is 0.337 e. The summed E-state index contributed by atoms with van der Waals surface area (Å²) in [5, 5.41) is 8.24. The van der Waals surface area contributed by atoms with E-state index < -0.39 is 29.1 Å². The van der Waals surface area contributed by atoms with Crippen LogP contribution in [-0.2, 0) is 19.1 Å². The molecule has 0 unspecified atom stereocenters. The molecule has 8 heteroatoms. The molecule has 0 spiro atoms. The van der Waals surface area contributed by atoms with Crippen LogP contribution < -0.4 is 10.1 Å². The van der Waals surface area contributed by atoms with Crippen molar-refractivity contribution in [1.29, 1.82) is 0 Å². The number of hydrogen-bond donors (Lipinski definition) is 1. The van der Waals surface area contributed by atoms with Gasteiger partial charge in [-0.2, -0.15) is 5.10 Å². The van der Waals surface area contributed by atoms with Gasteiger partial charge in [0.2, 0.25) is 0 Å². The van der Waals surface area contributed by atoms with Crippen molar-refractivity contribution in [2.45, 2.75) is 79.4 Å². The zero-order valence-corrected chi connectivity index (χ0v) is 26.0. The van der Waals surface area contributed by atoms with E-state index in [1.807, 2.05) is 123 Å². The van der Waals surface area contributed by atoms with Gasteiger partial charge in [-0.3, -0.25) is 0 Å². The minimum Gasteiger partial charge on any atom is -0.494 e. The Morgan fingerprint density at radius 3 is 1.83 bits per heavy atom. The van der Waals surface area contributed by atoms with Crippen molar-refractivity contribution in [3.05, 3.63) is 88.9 Å². The summed E-state index contributed by atoms with van der Waals surface area (Å²) in [6.07, 6.45) is 1.88. The van der Waals surface area contributed by atoms with Crippen molar-refractivity contribution in [1.82, 2.24) is 15.1 Å². The second-order valence-corrected chi connectivity index (χ2v) is 12.3. The monoisotopic (exact) mass is 571 g/mol. The van der Waals surface area contributed by atoms with Gasteiger partial charge < -0.3 is 19.5 Å². The van der Waals surface area contributed by atoms with Crippen LogP contribution in [-0.4, -0.2) is 39.5 Å². The topological polar surface area (TPSA) is 91.7 Å². The van der Waals surface area contributed by atoms with Crippen LogP contribution in [0.2, 0.25) is 0 Å². The number of rotatable bonds is 7. The number of carbonyl (C=O) groups excluding carboxylic acids is 2. The van der Waals surface area contributed by atoms with Crippen LogP contribution in [0.15, 0.2) is 83.3 Å². The molecule has 3 aromatic rings. The highest BCUT2D eigenvalue weighted by Gasteiger charge is 2.42. The lowest BCUT2D eigenvalue weighted by Crippen LogP contribution is -2.36. The first-order valence-electron chi connectivity index (χ1n) is 14.2. The van der Waals surface area contributed by atoms with E-state index in [0.717, 1.165) is 17.0 Å². The fourth-order valence-electron chi connectivity index (χ4n) is 4.92. The number of dihydropyridines is 1. The number of para-hydroxylation sites is 1. The Hall–Kier alpha value is -4.33. The van der Waals surface area contributed by atoms with E-state index in [1.54, 1.807) is 4.68 Å². The SMILES string of the molecule is CCOc1ccc(-c2nn(-c3ccccc3)cc2C2C(C(=O)OC(C)(C)C)=C(C)NC(C)=C2C(=O)OC(C)(C)C)cc1. The largest absolute Gasteiger partial charge is 0.494 e. The standard InChI is InChI=1S/C34H41N3O5/c1-10-40-25-18-16-23(17-19-25)30-26(20-37(36-30)24-14-12-11-13-15-24)29-27(31(38)41-33(4,5)6)21(2)35-22(3)28(29)32(39)42-34(7,8)9/h11-20,29,35H,10H2,1-9H3. The first-order chi connectivity index (χ1) is 19.7. The van der Waals surface area contributed by atoms with E-state index in [0.29, 0.717) is 40.4 Å². The van der Waals surface area contributed by atoms with E-state index >= 15 is 0 Å². The van der Waals surface area contributed by atoms with E-state index in [-0.39, 0.29) is 0 Å². The number of ether oxygens (including phenoxy) is 3. The number of nitrogens with one attached hydrogen (secondary N) is 1. The molecule has 4 rings (SSSR count). The molecular weight excluding hydrogens is 530 g/mol. The van der Waals surface area contributed by atoms with Crippen LogP contribution >= 0.6 is 0 Å². The lowest BCUT2D eigenvalue weighted by atomic mass is 9.79. The Morgan fingerprint density at radius 1 is 0.833 bits per heavy atom. The molecule has 0 saturated heterocycles. The number of benzene rings is 2. The molecule has 2 heterocycles. The summed E-state index contributed by atoms with van der Waals surface area (Å²) in [6, 6.07) is 17.3. The number of hydrogen-bond acceptors (Lipinski definition) is 7. The van der Waals surface area contributed by atoms with Crippen molar-refractivity contribution in [3.8, 4) is 22.7 Å². The Balaban J connectivity index is 1.99. The summed E-state index contributed by atoms with van der Waals surface area (Å²) in [6.45, 7) is 17.0. The van der Waals surface area contributed by atoms with Gasteiger partial charge >= 0.3 is 11.9 Å². The third-order valence-corrected chi connectivity index (χ3v) is 6.51. The highest BCUT2D eigenvalue weighted by molar-refractivity contribution is 6.00. The Bertz CT molecular complexity index is 1470. The zero-order chi connectivity index (χ0) is 30.8. The molecule has 0 atom stereocenters. The first-order valence-corrected chi connectivity index (χ1v) is 14.2. The van der Waals surface area contributed by atoms with Crippen molar-refractivity contribution in [3.63, 3.8) is 0 Å². The van der Waals surface area contributed by atoms with E-state index in [4.69, 9.17) is 19.3 Å². The summed E-state index contributed by atoms with van der Waals surface area (Å²) in [7, 11) is 0. The molecule has 0 radical (unpaired) electrons. The fourth-order valence-corrected chi connectivity index (χ4v) is 4.92. The van der Waals surface area contributed by atoms with Crippen molar-refractivity contribution >= 4 is 11.9 Å². The number of aromatic nitrogens is 2. The van der Waals surface area contributed by atoms with Crippen molar-refractivity contribution in [2.24, 2.45) is 0 Å².